The minimum absolute atomic E-state index is 0.101. The highest BCUT2D eigenvalue weighted by atomic mass is 16.5. The van der Waals surface area contributed by atoms with Gasteiger partial charge in [0.15, 0.2) is 0 Å². The van der Waals surface area contributed by atoms with Gasteiger partial charge in [0.05, 0.1) is 0 Å². The fourth-order valence-corrected chi connectivity index (χ4v) is 10.6. The van der Waals surface area contributed by atoms with Crippen LogP contribution in [0.25, 0.3) is 5.57 Å². The van der Waals surface area contributed by atoms with Crippen LogP contribution in [0.4, 0.5) is 0 Å². The number of carbonyl (C=O) groups is 1. The molecular formula is C38H50O2. The van der Waals surface area contributed by atoms with Gasteiger partial charge in [-0.25, -0.2) is 0 Å². The normalized spacial score (nSPS) is 37.4. The molecule has 0 saturated heterocycles. The SMILES string of the molecule is CC(=O)O[C@@H]1CC[C@@]2(C)[C@H](CC[C@@H]3[C@H]2CC[C@@]2(C)[C@@H]3CC[C@H]2[C@H](C)CC=C(c2ccccc2)c2ccccc2)C1. The summed E-state index contributed by atoms with van der Waals surface area (Å²) in [4.78, 5) is 11.6. The number of hydrogen-bond acceptors (Lipinski definition) is 2. The molecule has 0 amide bonds. The van der Waals surface area contributed by atoms with Gasteiger partial charge >= 0.3 is 5.97 Å². The zero-order chi connectivity index (χ0) is 27.9. The van der Waals surface area contributed by atoms with Gasteiger partial charge in [-0.1, -0.05) is 87.5 Å². The Balaban J connectivity index is 1.18. The van der Waals surface area contributed by atoms with Gasteiger partial charge in [-0.3, -0.25) is 4.79 Å². The van der Waals surface area contributed by atoms with Crippen molar-refractivity contribution >= 4 is 11.5 Å². The molecule has 0 aliphatic heterocycles. The average Bonchev–Trinajstić information content (AvgIpc) is 3.31. The monoisotopic (exact) mass is 538 g/mol. The molecule has 0 spiro atoms. The molecular weight excluding hydrogens is 488 g/mol. The summed E-state index contributed by atoms with van der Waals surface area (Å²) in [5.74, 6) is 4.77. The minimum atomic E-state index is -0.101. The van der Waals surface area contributed by atoms with Gasteiger partial charge in [0.2, 0.25) is 0 Å². The summed E-state index contributed by atoms with van der Waals surface area (Å²) in [5.41, 5.74) is 4.95. The standard InChI is InChI=1S/C38H50O2/c1-26(15-17-32(28-11-7-5-8-12-28)29-13-9-6-10-14-29)34-19-20-35-33-18-16-30-25-31(40-27(2)39)21-23-37(30,3)36(33)22-24-38(34,35)4/h5-14,17,26,30-31,33-36H,15-16,18-25H2,1-4H3/t26-,30-,31-,33+,34+,35-,36-,37+,38-/m1/s1. The zero-order valence-electron chi connectivity index (χ0n) is 25.3. The lowest BCUT2D eigenvalue weighted by Crippen LogP contribution is -2.54. The van der Waals surface area contributed by atoms with Gasteiger partial charge in [-0.05, 0) is 127 Å². The molecule has 0 radical (unpaired) electrons. The predicted molar refractivity (Wildman–Crippen MR) is 165 cm³/mol. The minimum Gasteiger partial charge on any atom is -0.463 e. The van der Waals surface area contributed by atoms with E-state index in [2.05, 4.69) is 87.5 Å². The van der Waals surface area contributed by atoms with Crippen molar-refractivity contribution in [1.82, 2.24) is 0 Å². The third-order valence-corrected chi connectivity index (χ3v) is 12.6. The van der Waals surface area contributed by atoms with Crippen molar-refractivity contribution in [3.63, 3.8) is 0 Å². The van der Waals surface area contributed by atoms with Crippen molar-refractivity contribution in [1.29, 1.82) is 0 Å². The van der Waals surface area contributed by atoms with Crippen LogP contribution in [0.15, 0.2) is 66.7 Å². The maximum absolute atomic E-state index is 11.6. The molecule has 4 aliphatic rings. The molecule has 9 atom stereocenters. The highest BCUT2D eigenvalue weighted by Crippen LogP contribution is 2.68. The second-order valence-corrected chi connectivity index (χ2v) is 14.5. The Morgan fingerprint density at radius 3 is 2.12 bits per heavy atom. The molecule has 4 aliphatic carbocycles. The second-order valence-electron chi connectivity index (χ2n) is 14.5. The van der Waals surface area contributed by atoms with Gasteiger partial charge < -0.3 is 4.74 Å². The van der Waals surface area contributed by atoms with Crippen molar-refractivity contribution < 1.29 is 9.53 Å². The highest BCUT2D eigenvalue weighted by Gasteiger charge is 2.60. The third kappa shape index (κ3) is 4.99. The van der Waals surface area contributed by atoms with E-state index >= 15 is 0 Å². The number of allylic oxidation sites excluding steroid dienone is 1. The van der Waals surface area contributed by atoms with Gasteiger partial charge in [0.25, 0.3) is 0 Å². The van der Waals surface area contributed by atoms with E-state index < -0.39 is 0 Å². The maximum atomic E-state index is 11.6. The summed E-state index contributed by atoms with van der Waals surface area (Å²) in [6, 6.07) is 21.9. The molecule has 2 heteroatoms. The summed E-state index contributed by atoms with van der Waals surface area (Å²) >= 11 is 0. The topological polar surface area (TPSA) is 26.3 Å². The first kappa shape index (κ1) is 27.8. The fourth-order valence-electron chi connectivity index (χ4n) is 10.6. The number of hydrogen-bond donors (Lipinski definition) is 0. The smallest absolute Gasteiger partial charge is 0.302 e. The molecule has 2 nitrogen and oxygen atoms in total. The molecule has 40 heavy (non-hydrogen) atoms. The number of carbonyl (C=O) groups excluding carboxylic acids is 1. The lowest BCUT2D eigenvalue weighted by molar-refractivity contribution is -0.160. The van der Waals surface area contributed by atoms with Crippen LogP contribution in [0, 0.1) is 46.3 Å². The molecule has 2 aromatic carbocycles. The lowest BCUT2D eigenvalue weighted by atomic mass is 9.44. The third-order valence-electron chi connectivity index (χ3n) is 12.6. The Morgan fingerprint density at radius 2 is 1.48 bits per heavy atom. The van der Waals surface area contributed by atoms with Crippen LogP contribution >= 0.6 is 0 Å². The molecule has 0 bridgehead atoms. The molecule has 0 aromatic heterocycles. The van der Waals surface area contributed by atoms with E-state index in [1.54, 1.807) is 6.92 Å². The van der Waals surface area contributed by atoms with Crippen molar-refractivity contribution in [2.75, 3.05) is 0 Å². The summed E-state index contributed by atoms with van der Waals surface area (Å²) in [6.45, 7) is 9.43. The number of rotatable bonds is 6. The van der Waals surface area contributed by atoms with Crippen molar-refractivity contribution in [3.05, 3.63) is 77.9 Å². The summed E-state index contributed by atoms with van der Waals surface area (Å²) in [6.07, 6.45) is 15.6. The van der Waals surface area contributed by atoms with Crippen molar-refractivity contribution in [2.24, 2.45) is 46.3 Å². The van der Waals surface area contributed by atoms with E-state index in [1.807, 2.05) is 0 Å². The molecule has 0 unspecified atom stereocenters. The predicted octanol–water partition coefficient (Wildman–Crippen LogP) is 9.74. The van der Waals surface area contributed by atoms with Crippen LogP contribution in [0.2, 0.25) is 0 Å². The molecule has 4 saturated carbocycles. The first-order chi connectivity index (χ1) is 19.3. The molecule has 0 heterocycles. The van der Waals surface area contributed by atoms with Gasteiger partial charge in [-0.2, -0.15) is 0 Å². The Labute approximate surface area is 243 Å². The Hall–Kier alpha value is -2.35. The van der Waals surface area contributed by atoms with E-state index in [-0.39, 0.29) is 12.1 Å². The van der Waals surface area contributed by atoms with Crippen molar-refractivity contribution in [3.8, 4) is 0 Å². The van der Waals surface area contributed by atoms with Crippen LogP contribution in [0.5, 0.6) is 0 Å². The molecule has 6 rings (SSSR count). The van der Waals surface area contributed by atoms with Crippen LogP contribution in [-0.2, 0) is 9.53 Å². The number of ether oxygens (including phenoxy) is 1. The van der Waals surface area contributed by atoms with Crippen LogP contribution in [0.3, 0.4) is 0 Å². The second kappa shape index (κ2) is 11.1. The zero-order valence-corrected chi connectivity index (χ0v) is 25.3. The molecule has 4 fully saturated rings. The Bertz CT molecular complexity index is 1160. The van der Waals surface area contributed by atoms with E-state index in [1.165, 1.54) is 61.6 Å². The number of fused-ring (bicyclic) bond motifs is 5. The van der Waals surface area contributed by atoms with Crippen LogP contribution in [0.1, 0.15) is 103 Å². The first-order valence-corrected chi connectivity index (χ1v) is 16.3. The molecule has 214 valence electrons. The van der Waals surface area contributed by atoms with E-state index in [9.17, 15) is 4.79 Å². The Kier molecular flexibility index (Phi) is 7.75. The number of esters is 1. The lowest BCUT2D eigenvalue weighted by Gasteiger charge is -2.61. The quantitative estimate of drug-likeness (QED) is 0.342. The maximum Gasteiger partial charge on any atom is 0.302 e. The fraction of sp³-hybridized carbons (Fsp3) is 0.605. The van der Waals surface area contributed by atoms with Crippen LogP contribution < -0.4 is 0 Å². The summed E-state index contributed by atoms with van der Waals surface area (Å²) in [5, 5.41) is 0. The Morgan fingerprint density at radius 1 is 0.850 bits per heavy atom. The van der Waals surface area contributed by atoms with E-state index in [4.69, 9.17) is 4.74 Å². The number of benzene rings is 2. The molecule has 0 N–H and O–H groups in total. The van der Waals surface area contributed by atoms with Crippen LogP contribution in [-0.4, -0.2) is 12.1 Å². The van der Waals surface area contributed by atoms with Gasteiger partial charge in [0, 0.05) is 6.92 Å². The summed E-state index contributed by atoms with van der Waals surface area (Å²) < 4.78 is 5.70. The largest absolute Gasteiger partial charge is 0.463 e. The summed E-state index contributed by atoms with van der Waals surface area (Å²) in [7, 11) is 0. The van der Waals surface area contributed by atoms with Gasteiger partial charge in [0.1, 0.15) is 6.10 Å². The first-order valence-electron chi connectivity index (χ1n) is 16.3. The molecule has 2 aromatic rings. The van der Waals surface area contributed by atoms with E-state index in [0.29, 0.717) is 16.7 Å². The van der Waals surface area contributed by atoms with Crippen molar-refractivity contribution in [2.45, 2.75) is 98.0 Å². The average molecular weight is 539 g/mol. The van der Waals surface area contributed by atoms with Gasteiger partial charge in [-0.15, -0.1) is 0 Å². The highest BCUT2D eigenvalue weighted by molar-refractivity contribution is 5.79. The van der Waals surface area contributed by atoms with E-state index in [0.717, 1.165) is 48.9 Å².